The third-order valence-corrected chi connectivity index (χ3v) is 15.0. The van der Waals surface area contributed by atoms with Crippen LogP contribution in [0.2, 0.25) is 0 Å². The van der Waals surface area contributed by atoms with Crippen molar-refractivity contribution in [2.75, 3.05) is 24.0 Å². The first-order valence-corrected chi connectivity index (χ1v) is 26.2. The second kappa shape index (κ2) is 22.5. The molecule has 1 aliphatic heterocycles. The summed E-state index contributed by atoms with van der Waals surface area (Å²) in [5.74, 6) is 1.06. The van der Waals surface area contributed by atoms with Gasteiger partial charge in [0.15, 0.2) is 0 Å². The van der Waals surface area contributed by atoms with Gasteiger partial charge in [-0.15, -0.1) is 0 Å². The van der Waals surface area contributed by atoms with Crippen LogP contribution in [0.1, 0.15) is 104 Å². The van der Waals surface area contributed by atoms with Crippen LogP contribution < -0.4 is 19.3 Å². The molecule has 0 bridgehead atoms. The zero-order valence-corrected chi connectivity index (χ0v) is 42.9. The Kier molecular flexibility index (Phi) is 14.5. The van der Waals surface area contributed by atoms with E-state index in [9.17, 15) is 0 Å². The molecule has 1 aliphatic rings. The zero-order valence-electron chi connectivity index (χ0n) is 42.9. The lowest BCUT2D eigenvalue weighted by atomic mass is 9.78. The predicted octanol–water partition coefficient (Wildman–Crippen LogP) is 17.0. The van der Waals surface area contributed by atoms with E-state index < -0.39 is 0 Å². The maximum absolute atomic E-state index is 6.42. The first-order chi connectivity index (χ1) is 37.1. The van der Waals surface area contributed by atoms with Gasteiger partial charge in [0.1, 0.15) is 17.7 Å². The quantitative estimate of drug-likeness (QED) is 0.0849. The third-order valence-electron chi connectivity index (χ3n) is 15.0. The van der Waals surface area contributed by atoms with Gasteiger partial charge in [-0.1, -0.05) is 250 Å². The number of nitrogens with zero attached hydrogens (tertiary/aromatic N) is 2. The first-order valence-electron chi connectivity index (χ1n) is 26.2. The van der Waals surface area contributed by atoms with E-state index in [0.29, 0.717) is 0 Å². The Morgan fingerprint density at radius 2 is 0.493 bits per heavy atom. The maximum atomic E-state index is 6.42. The van der Waals surface area contributed by atoms with Gasteiger partial charge in [-0.3, -0.25) is 0 Å². The van der Waals surface area contributed by atoms with Crippen LogP contribution in [0, 0.1) is 0 Å². The molecule has 0 unspecified atom stereocenters. The second-order valence-electron chi connectivity index (χ2n) is 19.3. The third kappa shape index (κ3) is 9.88. The van der Waals surface area contributed by atoms with Crippen LogP contribution in [0.4, 0.5) is 11.4 Å². The van der Waals surface area contributed by atoms with E-state index in [1.54, 1.807) is 14.2 Å². The van der Waals surface area contributed by atoms with E-state index >= 15 is 0 Å². The zero-order chi connectivity index (χ0) is 50.9. The average Bonchev–Trinajstić information content (AvgIpc) is 3.90. The summed E-state index contributed by atoms with van der Waals surface area (Å²) in [6.07, 6.45) is 5.30. The van der Waals surface area contributed by atoms with Crippen molar-refractivity contribution >= 4 is 11.4 Å². The number of methoxy groups -OCH3 is 2. The van der Waals surface area contributed by atoms with Crippen LogP contribution in [0.3, 0.4) is 0 Å². The number of ether oxygens (including phenoxy) is 2. The number of benzene rings is 10. The first kappa shape index (κ1) is 48.4. The van der Waals surface area contributed by atoms with Crippen LogP contribution in [0.25, 0.3) is 0 Å². The predicted molar refractivity (Wildman–Crippen MR) is 309 cm³/mol. The molecule has 75 heavy (non-hydrogen) atoms. The number of hydrogen-bond acceptors (Lipinski definition) is 4. The van der Waals surface area contributed by atoms with Gasteiger partial charge in [0.25, 0.3) is 0 Å². The fraction of sp³-hybridized carbons (Fsp3) is 0.127. The Labute approximate surface area is 443 Å². The highest BCUT2D eigenvalue weighted by atomic mass is 16.5. The standard InChI is InChI=1S/C71H62N2O2/c1-4-65-72(70-61(66(51-29-13-5-14-30-51)52-31-15-6-16-32-52)47-59(74-2)48-62(70)67(53-33-17-7-18-34-53)54-35-19-8-20-36-54)45-46-73(65)71-63(68(55-37-21-9-22-38-55)56-39-23-10-24-40-56)49-60(75-3)50-64(71)69(57-41-25-11-26-42-57)58-43-27-12-28-44-58/h5-50,65-69H,4H2,1-3H3. The summed E-state index contributed by atoms with van der Waals surface area (Å²) >= 11 is 0. The lowest BCUT2D eigenvalue weighted by molar-refractivity contribution is 0.413. The smallest absolute Gasteiger partial charge is 0.119 e. The Hall–Kier alpha value is -8.86. The van der Waals surface area contributed by atoms with E-state index in [1.165, 1.54) is 44.5 Å². The van der Waals surface area contributed by atoms with Crippen molar-refractivity contribution in [1.29, 1.82) is 0 Å². The van der Waals surface area contributed by atoms with Gasteiger partial charge in [0.05, 0.1) is 25.6 Å². The molecule has 0 saturated carbocycles. The molecule has 0 saturated heterocycles. The van der Waals surface area contributed by atoms with E-state index in [1.807, 2.05) is 0 Å². The highest BCUT2D eigenvalue weighted by molar-refractivity contribution is 5.78. The largest absolute Gasteiger partial charge is 0.497 e. The molecule has 0 amide bonds. The summed E-state index contributed by atoms with van der Waals surface area (Å²) in [6.45, 7) is 2.33. The van der Waals surface area contributed by atoms with Gasteiger partial charge < -0.3 is 19.3 Å². The molecule has 10 aromatic carbocycles. The van der Waals surface area contributed by atoms with Crippen molar-refractivity contribution in [1.82, 2.24) is 0 Å². The van der Waals surface area contributed by atoms with Gasteiger partial charge >= 0.3 is 0 Å². The molecule has 0 fully saturated rings. The molecule has 4 heteroatoms. The van der Waals surface area contributed by atoms with Crippen molar-refractivity contribution in [2.45, 2.75) is 43.2 Å². The number of anilines is 2. The monoisotopic (exact) mass is 974 g/mol. The lowest BCUT2D eigenvalue weighted by Gasteiger charge is -2.40. The molecule has 10 aromatic rings. The van der Waals surface area contributed by atoms with Crippen molar-refractivity contribution in [3.63, 3.8) is 0 Å². The molecule has 0 atom stereocenters. The molecular weight excluding hydrogens is 913 g/mol. The van der Waals surface area contributed by atoms with Crippen LogP contribution in [-0.4, -0.2) is 20.4 Å². The van der Waals surface area contributed by atoms with Gasteiger partial charge in [-0.25, -0.2) is 0 Å². The minimum atomic E-state index is -0.180. The molecule has 368 valence electrons. The summed E-state index contributed by atoms with van der Waals surface area (Å²) in [5, 5.41) is 0. The highest BCUT2D eigenvalue weighted by Crippen LogP contribution is 2.52. The van der Waals surface area contributed by atoms with Crippen LogP contribution >= 0.6 is 0 Å². The second-order valence-corrected chi connectivity index (χ2v) is 19.3. The maximum Gasteiger partial charge on any atom is 0.119 e. The summed E-state index contributed by atoms with van der Waals surface area (Å²) in [6, 6.07) is 97.0. The molecule has 4 nitrogen and oxygen atoms in total. The number of rotatable bonds is 17. The normalized spacial score (nSPS) is 12.6. The SMILES string of the molecule is CCC1N(c2c(C(c3ccccc3)c3ccccc3)cc(OC)cc2C(c2ccccc2)c2ccccc2)C=CN1c1c(C(c2ccccc2)c2ccccc2)cc(OC)cc1C(c1ccccc1)c1ccccc1. The molecule has 1 heterocycles. The van der Waals surface area contributed by atoms with Crippen molar-refractivity contribution < 1.29 is 9.47 Å². The molecule has 0 aliphatic carbocycles. The molecule has 0 aromatic heterocycles. The summed E-state index contributed by atoms with van der Waals surface area (Å²) in [7, 11) is 3.60. The fourth-order valence-corrected chi connectivity index (χ4v) is 11.7. The molecule has 0 radical (unpaired) electrons. The van der Waals surface area contributed by atoms with Crippen LogP contribution in [0.15, 0.2) is 279 Å². The fourth-order valence-electron chi connectivity index (χ4n) is 11.7. The van der Waals surface area contributed by atoms with Gasteiger partial charge in [-0.05, 0) is 97.4 Å². The summed E-state index contributed by atoms with van der Waals surface area (Å²) in [5.41, 5.74) is 16.6. The van der Waals surface area contributed by atoms with E-state index in [2.05, 4.69) is 296 Å². The molecule has 0 spiro atoms. The van der Waals surface area contributed by atoms with E-state index in [4.69, 9.17) is 9.47 Å². The van der Waals surface area contributed by atoms with Crippen molar-refractivity contribution in [3.8, 4) is 11.5 Å². The minimum absolute atomic E-state index is 0.142. The number of hydrogen-bond donors (Lipinski definition) is 0. The Morgan fingerprint density at radius 3 is 0.653 bits per heavy atom. The molecule has 11 rings (SSSR count). The van der Waals surface area contributed by atoms with Crippen molar-refractivity contribution in [2.24, 2.45) is 0 Å². The summed E-state index contributed by atoms with van der Waals surface area (Å²) in [4.78, 5) is 5.17. The Morgan fingerprint density at radius 1 is 0.307 bits per heavy atom. The summed E-state index contributed by atoms with van der Waals surface area (Å²) < 4.78 is 12.8. The van der Waals surface area contributed by atoms with Gasteiger partial charge in [0.2, 0.25) is 0 Å². The van der Waals surface area contributed by atoms with Gasteiger partial charge in [0, 0.05) is 36.1 Å². The van der Waals surface area contributed by atoms with E-state index in [0.717, 1.165) is 51.5 Å². The highest BCUT2D eigenvalue weighted by Gasteiger charge is 2.39. The molecular formula is C71H62N2O2. The lowest BCUT2D eigenvalue weighted by Crippen LogP contribution is -2.40. The Balaban J connectivity index is 1.22. The Bertz CT molecular complexity index is 2850. The topological polar surface area (TPSA) is 24.9 Å². The average molecular weight is 975 g/mol. The van der Waals surface area contributed by atoms with Gasteiger partial charge in [-0.2, -0.15) is 0 Å². The van der Waals surface area contributed by atoms with Crippen LogP contribution in [-0.2, 0) is 0 Å². The minimum Gasteiger partial charge on any atom is -0.497 e. The van der Waals surface area contributed by atoms with Crippen LogP contribution in [0.5, 0.6) is 11.5 Å². The molecule has 0 N–H and O–H groups in total. The van der Waals surface area contributed by atoms with E-state index in [-0.39, 0.29) is 29.8 Å². The van der Waals surface area contributed by atoms with Crippen molar-refractivity contribution in [3.05, 3.63) is 346 Å².